The third-order valence-electron chi connectivity index (χ3n) is 4.88. The fourth-order valence-electron chi connectivity index (χ4n) is 3.70. The van der Waals surface area contributed by atoms with Crippen molar-refractivity contribution < 1.29 is 0 Å². The number of nitrogens with zero attached hydrogens (tertiary/aromatic N) is 5. The second-order valence-electron chi connectivity index (χ2n) is 12.8. The van der Waals surface area contributed by atoms with E-state index in [9.17, 15) is 0 Å². The predicted octanol–water partition coefficient (Wildman–Crippen LogP) is 7.52. The van der Waals surface area contributed by atoms with E-state index in [0.717, 1.165) is 25.0 Å². The van der Waals surface area contributed by atoms with Crippen LogP contribution in [0.2, 0.25) is 0 Å². The third kappa shape index (κ3) is 11.8. The Morgan fingerprint density at radius 1 is 0.686 bits per heavy atom. The third-order valence-corrected chi connectivity index (χ3v) is 4.88. The SMILES string of the molecule is CC(C)(C)Cc1cccnc1.CC(C)(C)Cc1cnc2ccccn12.CC(C)(C)Cn1ccnc1. The van der Waals surface area contributed by atoms with Gasteiger partial charge in [-0.25, -0.2) is 9.97 Å². The molecule has 35 heavy (non-hydrogen) atoms. The van der Waals surface area contributed by atoms with Crippen molar-refractivity contribution in [3.63, 3.8) is 0 Å². The molecule has 0 aliphatic carbocycles. The fraction of sp³-hybridized carbons (Fsp3) is 0.500. The standard InChI is InChI=1S/C12H16N2.C10H15N.C8H14N2/c1-12(2,3)8-10-9-13-11-6-4-5-7-14(10)11;1-10(2,3)7-9-5-4-6-11-8-9;1-8(2,3)6-10-5-4-9-7-10/h4-7,9H,8H2,1-3H3;4-6,8H,7H2,1-3H3;4-5,7H,6H2,1-3H3. The van der Waals surface area contributed by atoms with Gasteiger partial charge >= 0.3 is 0 Å². The number of rotatable bonds is 3. The Hall–Kier alpha value is -2.95. The predicted molar refractivity (Wildman–Crippen MR) is 147 cm³/mol. The van der Waals surface area contributed by atoms with Gasteiger partial charge in [-0.3, -0.25) is 4.98 Å². The lowest BCUT2D eigenvalue weighted by molar-refractivity contribution is 0.343. The van der Waals surface area contributed by atoms with Gasteiger partial charge in [0.15, 0.2) is 0 Å². The van der Waals surface area contributed by atoms with Gasteiger partial charge in [-0.1, -0.05) is 74.4 Å². The number of pyridine rings is 2. The van der Waals surface area contributed by atoms with E-state index in [4.69, 9.17) is 0 Å². The van der Waals surface area contributed by atoms with Gasteiger partial charge in [-0.2, -0.15) is 0 Å². The second-order valence-corrected chi connectivity index (χ2v) is 12.8. The maximum atomic E-state index is 4.37. The Balaban J connectivity index is 0.000000189. The Morgan fingerprint density at radius 3 is 1.94 bits per heavy atom. The van der Waals surface area contributed by atoms with Gasteiger partial charge in [0.2, 0.25) is 0 Å². The molecule has 4 heterocycles. The van der Waals surface area contributed by atoms with E-state index in [1.807, 2.05) is 61.6 Å². The summed E-state index contributed by atoms with van der Waals surface area (Å²) < 4.78 is 4.26. The first kappa shape index (κ1) is 28.3. The zero-order valence-corrected chi connectivity index (χ0v) is 23.3. The average molecular weight is 476 g/mol. The Morgan fingerprint density at radius 2 is 1.40 bits per heavy atom. The minimum Gasteiger partial charge on any atom is -0.337 e. The van der Waals surface area contributed by atoms with E-state index in [-0.39, 0.29) is 0 Å². The molecule has 0 saturated carbocycles. The molecule has 0 unspecified atom stereocenters. The molecule has 4 rings (SSSR count). The number of fused-ring (bicyclic) bond motifs is 1. The van der Waals surface area contributed by atoms with Crippen molar-refractivity contribution in [3.05, 3.63) is 85.1 Å². The second kappa shape index (κ2) is 12.1. The summed E-state index contributed by atoms with van der Waals surface area (Å²) in [5.74, 6) is 0. The topological polar surface area (TPSA) is 48.0 Å². The van der Waals surface area contributed by atoms with Crippen molar-refractivity contribution in [1.82, 2.24) is 23.9 Å². The lowest BCUT2D eigenvalue weighted by Crippen LogP contribution is -2.13. The van der Waals surface area contributed by atoms with E-state index >= 15 is 0 Å². The zero-order valence-electron chi connectivity index (χ0n) is 23.3. The maximum absolute atomic E-state index is 4.37. The van der Waals surface area contributed by atoms with Crippen molar-refractivity contribution in [2.75, 3.05) is 0 Å². The molecule has 4 aromatic heterocycles. The van der Waals surface area contributed by atoms with Crippen LogP contribution in [0.4, 0.5) is 0 Å². The first-order valence-corrected chi connectivity index (χ1v) is 12.5. The molecule has 0 aliphatic rings. The molecule has 5 heteroatoms. The minimum atomic E-state index is 0.311. The summed E-state index contributed by atoms with van der Waals surface area (Å²) in [6.07, 6.45) is 15.6. The summed E-state index contributed by atoms with van der Waals surface area (Å²) >= 11 is 0. The molecular weight excluding hydrogens is 430 g/mol. The molecule has 0 bridgehead atoms. The lowest BCUT2D eigenvalue weighted by Gasteiger charge is -2.17. The molecule has 0 saturated heterocycles. The molecule has 5 nitrogen and oxygen atoms in total. The molecule has 0 aromatic carbocycles. The highest BCUT2D eigenvalue weighted by Crippen LogP contribution is 2.21. The Labute approximate surface area is 212 Å². The highest BCUT2D eigenvalue weighted by atomic mass is 15.0. The molecule has 0 fully saturated rings. The largest absolute Gasteiger partial charge is 0.337 e. The van der Waals surface area contributed by atoms with Crippen LogP contribution in [0, 0.1) is 16.2 Å². The zero-order chi connectivity index (χ0) is 26.1. The Kier molecular flexibility index (Phi) is 9.82. The molecule has 0 aliphatic heterocycles. The van der Waals surface area contributed by atoms with Gasteiger partial charge in [0.25, 0.3) is 0 Å². The number of imidazole rings is 2. The highest BCUT2D eigenvalue weighted by Gasteiger charge is 2.14. The van der Waals surface area contributed by atoms with Gasteiger partial charge in [-0.15, -0.1) is 0 Å². The summed E-state index contributed by atoms with van der Waals surface area (Å²) in [4.78, 5) is 12.4. The smallest absolute Gasteiger partial charge is 0.136 e. The highest BCUT2D eigenvalue weighted by molar-refractivity contribution is 5.39. The summed E-state index contributed by atoms with van der Waals surface area (Å²) in [6.45, 7) is 21.1. The Bertz CT molecular complexity index is 1110. The first-order chi connectivity index (χ1) is 16.2. The van der Waals surface area contributed by atoms with E-state index in [2.05, 4.69) is 98.5 Å². The van der Waals surface area contributed by atoms with Crippen LogP contribution in [-0.2, 0) is 19.4 Å². The fourth-order valence-corrected chi connectivity index (χ4v) is 3.70. The van der Waals surface area contributed by atoms with Crippen molar-refractivity contribution >= 4 is 5.65 Å². The van der Waals surface area contributed by atoms with Crippen LogP contribution in [0.25, 0.3) is 5.65 Å². The quantitative estimate of drug-likeness (QED) is 0.308. The molecule has 0 spiro atoms. The van der Waals surface area contributed by atoms with Crippen molar-refractivity contribution in [3.8, 4) is 0 Å². The van der Waals surface area contributed by atoms with Gasteiger partial charge in [0.05, 0.1) is 6.33 Å². The molecule has 0 amide bonds. The van der Waals surface area contributed by atoms with E-state index < -0.39 is 0 Å². The van der Waals surface area contributed by atoms with Gasteiger partial charge in [-0.05, 0) is 52.8 Å². The van der Waals surface area contributed by atoms with Crippen LogP contribution < -0.4 is 0 Å². The summed E-state index contributed by atoms with van der Waals surface area (Å²) in [5.41, 5.74) is 4.66. The molecule has 0 atom stereocenters. The summed E-state index contributed by atoms with van der Waals surface area (Å²) in [7, 11) is 0. The van der Waals surface area contributed by atoms with Crippen molar-refractivity contribution in [1.29, 1.82) is 0 Å². The average Bonchev–Trinajstić information content (AvgIpc) is 3.36. The van der Waals surface area contributed by atoms with Crippen molar-refractivity contribution in [2.24, 2.45) is 16.2 Å². The molecule has 0 N–H and O–H groups in total. The van der Waals surface area contributed by atoms with Gasteiger partial charge < -0.3 is 8.97 Å². The molecule has 4 aromatic rings. The lowest BCUT2D eigenvalue weighted by atomic mass is 9.89. The maximum Gasteiger partial charge on any atom is 0.136 e. The van der Waals surface area contributed by atoms with Crippen LogP contribution in [0.3, 0.4) is 0 Å². The number of aromatic nitrogens is 5. The number of hydrogen-bond acceptors (Lipinski definition) is 3. The monoisotopic (exact) mass is 475 g/mol. The minimum absolute atomic E-state index is 0.311. The van der Waals surface area contributed by atoms with Gasteiger partial charge in [0, 0.05) is 49.4 Å². The molecular formula is C30H45N5. The van der Waals surface area contributed by atoms with Crippen LogP contribution >= 0.6 is 0 Å². The van der Waals surface area contributed by atoms with Crippen LogP contribution in [0.1, 0.15) is 73.6 Å². The van der Waals surface area contributed by atoms with Gasteiger partial charge in [0.1, 0.15) is 5.65 Å². The molecule has 190 valence electrons. The van der Waals surface area contributed by atoms with Crippen LogP contribution in [0.5, 0.6) is 0 Å². The molecule has 0 radical (unpaired) electrons. The van der Waals surface area contributed by atoms with Crippen LogP contribution in [0.15, 0.2) is 73.8 Å². The normalized spacial score (nSPS) is 11.9. The summed E-state index contributed by atoms with van der Waals surface area (Å²) in [6, 6.07) is 10.2. The summed E-state index contributed by atoms with van der Waals surface area (Å²) in [5, 5.41) is 0. The number of hydrogen-bond donors (Lipinski definition) is 0. The first-order valence-electron chi connectivity index (χ1n) is 12.5. The van der Waals surface area contributed by atoms with E-state index in [1.54, 1.807) is 0 Å². The van der Waals surface area contributed by atoms with Crippen LogP contribution in [-0.4, -0.2) is 23.9 Å². The van der Waals surface area contributed by atoms with E-state index in [0.29, 0.717) is 16.2 Å². The van der Waals surface area contributed by atoms with Crippen molar-refractivity contribution in [2.45, 2.75) is 81.7 Å². The van der Waals surface area contributed by atoms with E-state index in [1.165, 1.54) is 11.3 Å².